The van der Waals surface area contributed by atoms with Crippen LogP contribution in [0, 0.1) is 0 Å². The Labute approximate surface area is 98.5 Å². The molecule has 1 N–H and O–H groups in total. The third-order valence-electron chi connectivity index (χ3n) is 3.12. The van der Waals surface area contributed by atoms with Gasteiger partial charge in [-0.3, -0.25) is 5.26 Å². The van der Waals surface area contributed by atoms with Gasteiger partial charge in [0.1, 0.15) is 14.2 Å². The molecule has 0 fully saturated rings. The molecule has 2 nitrogen and oxygen atoms in total. The highest BCUT2D eigenvalue weighted by Gasteiger charge is 2.31. The van der Waals surface area contributed by atoms with E-state index in [1.165, 1.54) is 10.4 Å². The molecular formula is C13H20O2Si. The summed E-state index contributed by atoms with van der Waals surface area (Å²) in [6.45, 7) is 8.43. The predicted octanol–water partition coefficient (Wildman–Crippen LogP) is 2.97. The zero-order valence-corrected chi connectivity index (χ0v) is 11.4. The van der Waals surface area contributed by atoms with Crippen LogP contribution in [-0.4, -0.2) is 19.4 Å². The van der Waals surface area contributed by atoms with Crippen LogP contribution in [0.15, 0.2) is 41.6 Å². The van der Waals surface area contributed by atoms with E-state index in [0.717, 1.165) is 0 Å². The molecule has 16 heavy (non-hydrogen) atoms. The standard InChI is InChI=1S/C13H20O2Si/c1-5-13(11(2)15-14)16(3,4)12-9-7-6-8-10-12/h5-11,14H,1-4H3/b13-5-. The number of hydrogen-bond donors (Lipinski definition) is 1. The first-order chi connectivity index (χ1) is 7.54. The second-order valence-electron chi connectivity index (χ2n) is 4.48. The van der Waals surface area contributed by atoms with Crippen LogP contribution >= 0.6 is 0 Å². The molecule has 0 aliphatic heterocycles. The first-order valence-electron chi connectivity index (χ1n) is 5.56. The van der Waals surface area contributed by atoms with E-state index >= 15 is 0 Å². The van der Waals surface area contributed by atoms with E-state index < -0.39 is 8.07 Å². The lowest BCUT2D eigenvalue weighted by atomic mass is 10.3. The summed E-state index contributed by atoms with van der Waals surface area (Å²) in [6.07, 6.45) is 1.84. The van der Waals surface area contributed by atoms with E-state index in [9.17, 15) is 0 Å². The topological polar surface area (TPSA) is 29.5 Å². The number of rotatable bonds is 4. The summed E-state index contributed by atoms with van der Waals surface area (Å²) in [7, 11) is -1.72. The molecule has 0 aromatic heterocycles. The molecule has 1 aromatic carbocycles. The van der Waals surface area contributed by atoms with E-state index in [-0.39, 0.29) is 6.10 Å². The van der Waals surface area contributed by atoms with Gasteiger partial charge in [0.25, 0.3) is 0 Å². The van der Waals surface area contributed by atoms with Crippen molar-refractivity contribution in [3.8, 4) is 0 Å². The highest BCUT2D eigenvalue weighted by atomic mass is 28.3. The van der Waals surface area contributed by atoms with Crippen molar-refractivity contribution in [2.45, 2.75) is 33.0 Å². The maximum atomic E-state index is 8.83. The fourth-order valence-electron chi connectivity index (χ4n) is 2.18. The zero-order valence-electron chi connectivity index (χ0n) is 10.4. The summed E-state index contributed by atoms with van der Waals surface area (Å²) in [5.41, 5.74) is 0. The Balaban J connectivity index is 3.10. The fraction of sp³-hybridized carbons (Fsp3) is 0.385. The van der Waals surface area contributed by atoms with Crippen LogP contribution in [0.25, 0.3) is 0 Å². The molecule has 88 valence electrons. The van der Waals surface area contributed by atoms with Crippen molar-refractivity contribution in [1.29, 1.82) is 0 Å². The minimum Gasteiger partial charge on any atom is -0.251 e. The Hall–Kier alpha value is -0.903. The van der Waals surface area contributed by atoms with Gasteiger partial charge in [0.15, 0.2) is 0 Å². The first kappa shape index (κ1) is 13.2. The van der Waals surface area contributed by atoms with Gasteiger partial charge in [0, 0.05) is 0 Å². The van der Waals surface area contributed by atoms with Gasteiger partial charge >= 0.3 is 0 Å². The number of benzene rings is 1. The first-order valence-corrected chi connectivity index (χ1v) is 8.56. The van der Waals surface area contributed by atoms with Crippen molar-refractivity contribution in [1.82, 2.24) is 0 Å². The molecule has 0 bridgehead atoms. The zero-order chi connectivity index (χ0) is 12.2. The summed E-state index contributed by atoms with van der Waals surface area (Å²) >= 11 is 0. The molecule has 1 aromatic rings. The summed E-state index contributed by atoms with van der Waals surface area (Å²) < 4.78 is 0. The van der Waals surface area contributed by atoms with Gasteiger partial charge in [0.2, 0.25) is 0 Å². The molecule has 0 heterocycles. The number of hydrogen-bond acceptors (Lipinski definition) is 2. The molecule has 0 saturated carbocycles. The van der Waals surface area contributed by atoms with Crippen LogP contribution in [0.4, 0.5) is 0 Å². The Bertz CT molecular complexity index is 357. The maximum Gasteiger partial charge on any atom is 0.110 e. The lowest BCUT2D eigenvalue weighted by molar-refractivity contribution is -0.262. The van der Waals surface area contributed by atoms with E-state index in [1.807, 2.05) is 19.9 Å². The van der Waals surface area contributed by atoms with Crippen molar-refractivity contribution < 1.29 is 10.1 Å². The Morgan fingerprint density at radius 2 is 1.88 bits per heavy atom. The van der Waals surface area contributed by atoms with Gasteiger partial charge in [-0.25, -0.2) is 4.89 Å². The van der Waals surface area contributed by atoms with Gasteiger partial charge in [0.05, 0.1) is 0 Å². The quantitative estimate of drug-likeness (QED) is 0.495. The summed E-state index contributed by atoms with van der Waals surface area (Å²) in [4.78, 5) is 4.48. The Morgan fingerprint density at radius 1 is 1.31 bits per heavy atom. The van der Waals surface area contributed by atoms with E-state index in [4.69, 9.17) is 5.26 Å². The molecule has 0 amide bonds. The van der Waals surface area contributed by atoms with Crippen LogP contribution in [-0.2, 0) is 4.89 Å². The Kier molecular flexibility index (Phi) is 4.47. The molecule has 0 radical (unpaired) electrons. The lowest BCUT2D eigenvalue weighted by Gasteiger charge is -2.29. The molecule has 0 aliphatic rings. The van der Waals surface area contributed by atoms with Crippen molar-refractivity contribution in [3.05, 3.63) is 41.6 Å². The van der Waals surface area contributed by atoms with E-state index in [1.54, 1.807) is 0 Å². The molecule has 0 saturated heterocycles. The average molecular weight is 236 g/mol. The fourth-order valence-corrected chi connectivity index (χ4v) is 5.33. The molecule has 0 aliphatic carbocycles. The highest BCUT2D eigenvalue weighted by Crippen LogP contribution is 2.20. The molecule has 3 heteroatoms. The van der Waals surface area contributed by atoms with Crippen LogP contribution in [0.3, 0.4) is 0 Å². The molecule has 1 atom stereocenters. The summed E-state index contributed by atoms with van der Waals surface area (Å²) in [6, 6.07) is 10.4. The lowest BCUT2D eigenvalue weighted by Crippen LogP contribution is -2.47. The van der Waals surface area contributed by atoms with Crippen molar-refractivity contribution in [2.24, 2.45) is 0 Å². The highest BCUT2D eigenvalue weighted by molar-refractivity contribution is 6.95. The maximum absolute atomic E-state index is 8.83. The summed E-state index contributed by atoms with van der Waals surface area (Å²) in [5.74, 6) is 0. The van der Waals surface area contributed by atoms with Gasteiger partial charge in [-0.2, -0.15) is 0 Å². The van der Waals surface area contributed by atoms with E-state index in [2.05, 4.69) is 48.3 Å². The monoisotopic (exact) mass is 236 g/mol. The van der Waals surface area contributed by atoms with Crippen molar-refractivity contribution >= 4 is 13.3 Å². The Morgan fingerprint density at radius 3 is 2.31 bits per heavy atom. The minimum atomic E-state index is -1.72. The predicted molar refractivity (Wildman–Crippen MR) is 70.5 cm³/mol. The SMILES string of the molecule is C/C=C(/C(C)OO)[Si](C)(C)c1ccccc1. The van der Waals surface area contributed by atoms with Crippen LogP contribution in [0.1, 0.15) is 13.8 Å². The van der Waals surface area contributed by atoms with Crippen molar-refractivity contribution in [3.63, 3.8) is 0 Å². The molecule has 1 rings (SSSR count). The van der Waals surface area contributed by atoms with Gasteiger partial charge in [-0.05, 0) is 19.0 Å². The molecule has 0 spiro atoms. The van der Waals surface area contributed by atoms with Gasteiger partial charge < -0.3 is 0 Å². The smallest absolute Gasteiger partial charge is 0.110 e. The second kappa shape index (κ2) is 5.43. The third-order valence-corrected chi connectivity index (χ3v) is 7.04. The normalized spacial score (nSPS) is 14.9. The van der Waals surface area contributed by atoms with Crippen molar-refractivity contribution in [2.75, 3.05) is 0 Å². The van der Waals surface area contributed by atoms with E-state index in [0.29, 0.717) is 0 Å². The van der Waals surface area contributed by atoms with Crippen LogP contribution < -0.4 is 5.19 Å². The van der Waals surface area contributed by atoms with Gasteiger partial charge in [-0.1, -0.05) is 54.7 Å². The molecular weight excluding hydrogens is 216 g/mol. The molecule has 1 unspecified atom stereocenters. The number of allylic oxidation sites excluding steroid dienone is 1. The summed E-state index contributed by atoms with van der Waals surface area (Å²) in [5, 5.41) is 11.4. The van der Waals surface area contributed by atoms with Crippen LogP contribution in [0.2, 0.25) is 13.1 Å². The second-order valence-corrected chi connectivity index (χ2v) is 8.89. The largest absolute Gasteiger partial charge is 0.251 e. The van der Waals surface area contributed by atoms with Crippen LogP contribution in [0.5, 0.6) is 0 Å². The van der Waals surface area contributed by atoms with Gasteiger partial charge in [-0.15, -0.1) is 0 Å². The third kappa shape index (κ3) is 2.61. The average Bonchev–Trinajstić information content (AvgIpc) is 2.30. The minimum absolute atomic E-state index is 0.230.